The number of hydrogen-bond acceptors (Lipinski definition) is 3. The van der Waals surface area contributed by atoms with Crippen molar-refractivity contribution in [3.63, 3.8) is 0 Å². The van der Waals surface area contributed by atoms with Gasteiger partial charge in [-0.15, -0.1) is 0 Å². The van der Waals surface area contributed by atoms with Crippen LogP contribution in [0.15, 0.2) is 24.3 Å². The fourth-order valence-corrected chi connectivity index (χ4v) is 3.83. The maximum atomic E-state index is 13.1. The Morgan fingerprint density at radius 1 is 1.26 bits per heavy atom. The Morgan fingerprint density at radius 3 is 2.74 bits per heavy atom. The van der Waals surface area contributed by atoms with Gasteiger partial charge in [-0.1, -0.05) is 31.2 Å². The molecule has 4 nitrogen and oxygen atoms in total. The van der Waals surface area contributed by atoms with E-state index in [-0.39, 0.29) is 12.0 Å². The van der Waals surface area contributed by atoms with E-state index in [1.54, 1.807) is 0 Å². The monoisotopic (exact) mass is 315 g/mol. The summed E-state index contributed by atoms with van der Waals surface area (Å²) in [6.45, 7) is 7.88. The van der Waals surface area contributed by atoms with Gasteiger partial charge in [0.25, 0.3) is 0 Å². The van der Waals surface area contributed by atoms with Crippen LogP contribution in [0.5, 0.6) is 0 Å². The average Bonchev–Trinajstić information content (AvgIpc) is 2.61. The molecule has 3 rings (SSSR count). The zero-order valence-electron chi connectivity index (χ0n) is 14.3. The Labute approximate surface area is 139 Å². The van der Waals surface area contributed by atoms with Gasteiger partial charge in [0.05, 0.1) is 6.04 Å². The van der Waals surface area contributed by atoms with Crippen LogP contribution in [0.1, 0.15) is 43.9 Å². The van der Waals surface area contributed by atoms with Crippen molar-refractivity contribution in [3.05, 3.63) is 35.4 Å². The predicted molar refractivity (Wildman–Crippen MR) is 93.3 cm³/mol. The lowest BCUT2D eigenvalue weighted by atomic mass is 9.90. The Hall–Kier alpha value is -1.39. The van der Waals surface area contributed by atoms with Gasteiger partial charge in [-0.2, -0.15) is 0 Å². The van der Waals surface area contributed by atoms with E-state index < -0.39 is 0 Å². The van der Waals surface area contributed by atoms with Crippen LogP contribution in [-0.4, -0.2) is 43.0 Å². The zero-order valence-corrected chi connectivity index (χ0v) is 14.3. The average molecular weight is 315 g/mol. The number of amides is 1. The van der Waals surface area contributed by atoms with E-state index in [9.17, 15) is 4.79 Å². The van der Waals surface area contributed by atoms with Crippen LogP contribution < -0.4 is 10.6 Å². The van der Waals surface area contributed by atoms with E-state index in [1.807, 2.05) is 0 Å². The van der Waals surface area contributed by atoms with Crippen molar-refractivity contribution in [1.82, 2.24) is 15.5 Å². The molecule has 1 aromatic carbocycles. The second-order valence-electron chi connectivity index (χ2n) is 6.92. The predicted octanol–water partition coefficient (Wildman–Crippen LogP) is 2.11. The standard InChI is InChI=1S/C19H29N3O/c1-3-15-4-6-16(7-5-15)18-13-20-10-11-22(18)19(23)17-8-9-21-14(2)12-17/h4-7,14,17-18,20-21H,3,8-13H2,1-2H3/t14-,17-,18?/m0/s1. The molecule has 1 aromatic rings. The SMILES string of the molecule is CCc1ccc(C2CNCCN2C(=O)[C@H]2CCN[C@@H](C)C2)cc1. The molecule has 3 atom stereocenters. The lowest BCUT2D eigenvalue weighted by molar-refractivity contribution is -0.140. The van der Waals surface area contributed by atoms with Gasteiger partial charge in [-0.05, 0) is 43.9 Å². The Balaban J connectivity index is 1.76. The van der Waals surface area contributed by atoms with Crippen molar-refractivity contribution < 1.29 is 4.79 Å². The number of piperidine rings is 1. The van der Waals surface area contributed by atoms with Crippen LogP contribution >= 0.6 is 0 Å². The second kappa shape index (κ2) is 7.45. The highest BCUT2D eigenvalue weighted by molar-refractivity contribution is 5.79. The summed E-state index contributed by atoms with van der Waals surface area (Å²) in [7, 11) is 0. The summed E-state index contributed by atoms with van der Waals surface area (Å²) in [6.07, 6.45) is 2.98. The van der Waals surface area contributed by atoms with Crippen molar-refractivity contribution in [2.45, 2.75) is 45.2 Å². The summed E-state index contributed by atoms with van der Waals surface area (Å²) < 4.78 is 0. The highest BCUT2D eigenvalue weighted by atomic mass is 16.2. The van der Waals surface area contributed by atoms with Gasteiger partial charge in [0, 0.05) is 31.6 Å². The van der Waals surface area contributed by atoms with E-state index in [1.165, 1.54) is 11.1 Å². The maximum Gasteiger partial charge on any atom is 0.226 e. The van der Waals surface area contributed by atoms with Gasteiger partial charge >= 0.3 is 0 Å². The second-order valence-corrected chi connectivity index (χ2v) is 6.92. The summed E-state index contributed by atoms with van der Waals surface area (Å²) in [4.78, 5) is 15.2. The minimum Gasteiger partial charge on any atom is -0.333 e. The van der Waals surface area contributed by atoms with Crippen LogP contribution in [0.2, 0.25) is 0 Å². The topological polar surface area (TPSA) is 44.4 Å². The smallest absolute Gasteiger partial charge is 0.226 e. The number of piperazine rings is 1. The number of aryl methyl sites for hydroxylation is 1. The zero-order chi connectivity index (χ0) is 16.2. The minimum absolute atomic E-state index is 0.173. The van der Waals surface area contributed by atoms with E-state index in [4.69, 9.17) is 0 Å². The molecule has 0 saturated carbocycles. The quantitative estimate of drug-likeness (QED) is 0.898. The highest BCUT2D eigenvalue weighted by Crippen LogP contribution is 2.27. The molecule has 2 aliphatic rings. The largest absolute Gasteiger partial charge is 0.333 e. The number of benzene rings is 1. The van der Waals surface area contributed by atoms with Gasteiger partial charge in [0.1, 0.15) is 0 Å². The third-order valence-corrected chi connectivity index (χ3v) is 5.27. The van der Waals surface area contributed by atoms with Gasteiger partial charge in [0.2, 0.25) is 5.91 Å². The van der Waals surface area contributed by atoms with Gasteiger partial charge in [-0.3, -0.25) is 4.79 Å². The molecule has 23 heavy (non-hydrogen) atoms. The molecule has 126 valence electrons. The molecular formula is C19H29N3O. The van der Waals surface area contributed by atoms with E-state index in [2.05, 4.69) is 53.6 Å². The number of nitrogens with zero attached hydrogens (tertiary/aromatic N) is 1. The fraction of sp³-hybridized carbons (Fsp3) is 0.632. The maximum absolute atomic E-state index is 13.1. The minimum atomic E-state index is 0.173. The summed E-state index contributed by atoms with van der Waals surface area (Å²) in [5.41, 5.74) is 2.60. The van der Waals surface area contributed by atoms with E-state index >= 15 is 0 Å². The third-order valence-electron chi connectivity index (χ3n) is 5.27. The molecule has 0 spiro atoms. The summed E-state index contributed by atoms with van der Waals surface area (Å²) in [5.74, 6) is 0.534. The lowest BCUT2D eigenvalue weighted by Gasteiger charge is -2.40. The van der Waals surface area contributed by atoms with Crippen LogP contribution in [-0.2, 0) is 11.2 Å². The number of carbonyl (C=O) groups is 1. The molecule has 0 radical (unpaired) electrons. The normalized spacial score (nSPS) is 28.6. The first kappa shape index (κ1) is 16.5. The Morgan fingerprint density at radius 2 is 2.04 bits per heavy atom. The Kier molecular flexibility index (Phi) is 5.34. The number of rotatable bonds is 3. The number of carbonyl (C=O) groups excluding carboxylic acids is 1. The first-order valence-electron chi connectivity index (χ1n) is 9.02. The molecule has 4 heteroatoms. The fourth-order valence-electron chi connectivity index (χ4n) is 3.83. The van der Waals surface area contributed by atoms with Gasteiger partial charge in [0.15, 0.2) is 0 Å². The van der Waals surface area contributed by atoms with Crippen molar-refractivity contribution in [3.8, 4) is 0 Å². The van der Waals surface area contributed by atoms with Crippen LogP contribution in [0.3, 0.4) is 0 Å². The highest BCUT2D eigenvalue weighted by Gasteiger charge is 2.34. The third kappa shape index (κ3) is 3.75. The van der Waals surface area contributed by atoms with Gasteiger partial charge in [-0.25, -0.2) is 0 Å². The number of nitrogens with one attached hydrogen (secondary N) is 2. The van der Waals surface area contributed by atoms with Crippen LogP contribution in [0.4, 0.5) is 0 Å². The van der Waals surface area contributed by atoms with Crippen molar-refractivity contribution >= 4 is 5.91 Å². The Bertz CT molecular complexity index is 528. The van der Waals surface area contributed by atoms with E-state index in [0.29, 0.717) is 11.9 Å². The van der Waals surface area contributed by atoms with Crippen LogP contribution in [0.25, 0.3) is 0 Å². The molecule has 2 saturated heterocycles. The molecule has 1 unspecified atom stereocenters. The molecule has 1 amide bonds. The summed E-state index contributed by atoms with van der Waals surface area (Å²) >= 11 is 0. The molecule has 2 N–H and O–H groups in total. The van der Waals surface area contributed by atoms with Crippen molar-refractivity contribution in [2.24, 2.45) is 5.92 Å². The first-order valence-corrected chi connectivity index (χ1v) is 9.02. The molecule has 2 fully saturated rings. The molecular weight excluding hydrogens is 286 g/mol. The van der Waals surface area contributed by atoms with Crippen LogP contribution in [0, 0.1) is 5.92 Å². The molecule has 0 bridgehead atoms. The summed E-state index contributed by atoms with van der Waals surface area (Å²) in [6, 6.07) is 9.40. The lowest BCUT2D eigenvalue weighted by Crippen LogP contribution is -2.52. The van der Waals surface area contributed by atoms with E-state index in [0.717, 1.165) is 45.4 Å². The molecule has 0 aromatic heterocycles. The molecule has 0 aliphatic carbocycles. The summed E-state index contributed by atoms with van der Waals surface area (Å²) in [5, 5.41) is 6.89. The molecule has 2 heterocycles. The van der Waals surface area contributed by atoms with Crippen molar-refractivity contribution in [2.75, 3.05) is 26.2 Å². The molecule has 2 aliphatic heterocycles. The van der Waals surface area contributed by atoms with Gasteiger partial charge < -0.3 is 15.5 Å². The van der Waals surface area contributed by atoms with Crippen molar-refractivity contribution in [1.29, 1.82) is 0 Å². The number of hydrogen-bond donors (Lipinski definition) is 2. The first-order chi connectivity index (χ1) is 11.2.